The molecule has 2 amide bonds. The van der Waals surface area contributed by atoms with Crippen molar-refractivity contribution >= 4 is 11.8 Å². The minimum absolute atomic E-state index is 0.0127. The first kappa shape index (κ1) is 18.3. The minimum Gasteiger partial charge on any atom is -0.504 e. The van der Waals surface area contributed by atoms with E-state index in [4.69, 9.17) is 4.74 Å². The van der Waals surface area contributed by atoms with Crippen molar-refractivity contribution in [3.8, 4) is 11.5 Å². The second-order valence-electron chi connectivity index (χ2n) is 5.16. The summed E-state index contributed by atoms with van der Waals surface area (Å²) in [6.45, 7) is -0.642. The van der Waals surface area contributed by atoms with Crippen LogP contribution in [-0.4, -0.2) is 36.7 Å². The van der Waals surface area contributed by atoms with Crippen molar-refractivity contribution in [3.63, 3.8) is 0 Å². The maximum atomic E-state index is 12.3. The first-order valence-electron chi connectivity index (χ1n) is 7.72. The zero-order valence-electron chi connectivity index (χ0n) is 13.5. The van der Waals surface area contributed by atoms with E-state index in [0.29, 0.717) is 11.3 Å². The van der Waals surface area contributed by atoms with E-state index in [9.17, 15) is 19.8 Å². The smallest absolute Gasteiger partial charge is 0.250 e. The van der Waals surface area contributed by atoms with Crippen molar-refractivity contribution in [2.24, 2.45) is 0 Å². The molecule has 3 N–H and O–H groups in total. The summed E-state index contributed by atoms with van der Waals surface area (Å²) in [5, 5.41) is 25.3. The standard InChI is InChI=1S/C18H19N2O5/c21-12-16(23)20-17(13-6-2-1-3-7-13)18(24)19-10-11-25-15-9-5-4-8-14(15)22/h1-9,17,22H,10-12H2,(H,19,24)(H,20,23)/t17-/m1/s1. The highest BCUT2D eigenvalue weighted by Crippen LogP contribution is 2.23. The number of phenolic OH excluding ortho intramolecular Hbond substituents is 1. The molecule has 0 saturated carbocycles. The molecule has 7 nitrogen and oxygen atoms in total. The quantitative estimate of drug-likeness (QED) is 0.625. The molecule has 0 fully saturated rings. The molecule has 2 rings (SSSR count). The van der Waals surface area contributed by atoms with Gasteiger partial charge in [0.15, 0.2) is 18.1 Å². The van der Waals surface area contributed by atoms with Crippen LogP contribution in [0.25, 0.3) is 0 Å². The predicted molar refractivity (Wildman–Crippen MR) is 89.5 cm³/mol. The summed E-state index contributed by atoms with van der Waals surface area (Å²) in [6, 6.07) is 14.2. The normalized spacial score (nSPS) is 11.4. The number of nitrogens with one attached hydrogen (secondary N) is 2. The lowest BCUT2D eigenvalue weighted by molar-refractivity contribution is -0.131. The van der Waals surface area contributed by atoms with Crippen molar-refractivity contribution < 1.29 is 24.5 Å². The number of benzene rings is 2. The van der Waals surface area contributed by atoms with Crippen LogP contribution in [0.15, 0.2) is 54.6 Å². The Bertz CT molecular complexity index is 706. The van der Waals surface area contributed by atoms with Crippen LogP contribution in [0.1, 0.15) is 11.6 Å². The molecule has 0 spiro atoms. The molecule has 131 valence electrons. The fraction of sp³-hybridized carbons (Fsp3) is 0.222. The monoisotopic (exact) mass is 343 g/mol. The Morgan fingerprint density at radius 2 is 1.72 bits per heavy atom. The lowest BCUT2D eigenvalue weighted by Gasteiger charge is -2.18. The van der Waals surface area contributed by atoms with Gasteiger partial charge in [-0.25, -0.2) is 5.11 Å². The zero-order chi connectivity index (χ0) is 18.1. The van der Waals surface area contributed by atoms with Crippen LogP contribution < -0.4 is 15.4 Å². The van der Waals surface area contributed by atoms with Crippen LogP contribution in [0.2, 0.25) is 0 Å². The van der Waals surface area contributed by atoms with Crippen LogP contribution in [0.4, 0.5) is 0 Å². The third-order valence-electron chi connectivity index (χ3n) is 3.36. The van der Waals surface area contributed by atoms with Crippen molar-refractivity contribution in [2.75, 3.05) is 19.8 Å². The molecule has 0 heterocycles. The van der Waals surface area contributed by atoms with E-state index in [-0.39, 0.29) is 18.9 Å². The van der Waals surface area contributed by atoms with Gasteiger partial charge in [0.1, 0.15) is 12.6 Å². The number of amides is 2. The number of rotatable bonds is 8. The first-order valence-corrected chi connectivity index (χ1v) is 7.72. The highest BCUT2D eigenvalue weighted by atomic mass is 16.5. The molecule has 25 heavy (non-hydrogen) atoms. The molecule has 2 aromatic rings. The summed E-state index contributed by atoms with van der Waals surface area (Å²) < 4.78 is 5.37. The molecular formula is C18H19N2O5. The molecular weight excluding hydrogens is 324 g/mol. The van der Waals surface area contributed by atoms with E-state index >= 15 is 0 Å². The van der Waals surface area contributed by atoms with Gasteiger partial charge in [0.2, 0.25) is 11.8 Å². The van der Waals surface area contributed by atoms with Crippen LogP contribution >= 0.6 is 0 Å². The average molecular weight is 343 g/mol. The van der Waals surface area contributed by atoms with Crippen LogP contribution in [0.3, 0.4) is 0 Å². The number of carbonyl (C=O) groups is 2. The van der Waals surface area contributed by atoms with Gasteiger partial charge >= 0.3 is 0 Å². The van der Waals surface area contributed by atoms with Crippen LogP contribution in [0, 0.1) is 0 Å². The summed E-state index contributed by atoms with van der Waals surface area (Å²) in [4.78, 5) is 23.7. The van der Waals surface area contributed by atoms with Crippen LogP contribution in [-0.2, 0) is 14.7 Å². The van der Waals surface area contributed by atoms with Gasteiger partial charge in [-0.3, -0.25) is 9.59 Å². The Morgan fingerprint density at radius 1 is 1.04 bits per heavy atom. The van der Waals surface area contributed by atoms with Gasteiger partial charge in [-0.05, 0) is 17.7 Å². The minimum atomic E-state index is -0.951. The van der Waals surface area contributed by atoms with E-state index in [2.05, 4.69) is 10.6 Å². The summed E-state index contributed by atoms with van der Waals surface area (Å²) >= 11 is 0. The second kappa shape index (κ2) is 9.29. The van der Waals surface area contributed by atoms with Crippen molar-refractivity contribution in [1.82, 2.24) is 10.6 Å². The SMILES string of the molecule is [O]CC(=O)N[C@@H](C(=O)NCCOc1ccccc1O)c1ccccc1. The predicted octanol–water partition coefficient (Wildman–Crippen LogP) is 1.18. The lowest BCUT2D eigenvalue weighted by Crippen LogP contribution is -2.42. The highest BCUT2D eigenvalue weighted by molar-refractivity contribution is 5.88. The first-order chi connectivity index (χ1) is 12.1. The fourth-order valence-corrected chi connectivity index (χ4v) is 2.16. The maximum absolute atomic E-state index is 12.3. The Labute approximate surface area is 145 Å². The summed E-state index contributed by atoms with van der Waals surface area (Å²) in [5.74, 6) is -0.877. The average Bonchev–Trinajstić information content (AvgIpc) is 2.64. The molecule has 0 aliphatic rings. The number of carbonyl (C=O) groups excluding carboxylic acids is 2. The number of aromatic hydroxyl groups is 1. The number of para-hydroxylation sites is 2. The van der Waals surface area contributed by atoms with E-state index in [0.717, 1.165) is 0 Å². The van der Waals surface area contributed by atoms with Crippen molar-refractivity contribution in [3.05, 3.63) is 60.2 Å². The second-order valence-corrected chi connectivity index (χ2v) is 5.16. The summed E-state index contributed by atoms with van der Waals surface area (Å²) in [5.41, 5.74) is 0.573. The molecule has 0 bridgehead atoms. The van der Waals surface area contributed by atoms with Crippen LogP contribution in [0.5, 0.6) is 11.5 Å². The topological polar surface area (TPSA) is 108 Å². The third kappa shape index (κ3) is 5.50. The number of hydrogen-bond acceptors (Lipinski definition) is 4. The van der Waals surface area contributed by atoms with Gasteiger partial charge in [-0.1, -0.05) is 42.5 Å². The number of hydrogen-bond donors (Lipinski definition) is 3. The van der Waals surface area contributed by atoms with Gasteiger partial charge in [0.25, 0.3) is 0 Å². The fourth-order valence-electron chi connectivity index (χ4n) is 2.16. The van der Waals surface area contributed by atoms with E-state index in [1.54, 1.807) is 48.5 Å². The largest absolute Gasteiger partial charge is 0.504 e. The Morgan fingerprint density at radius 3 is 2.40 bits per heavy atom. The molecule has 0 aromatic heterocycles. The van der Waals surface area contributed by atoms with E-state index in [1.807, 2.05) is 0 Å². The molecule has 0 unspecified atom stereocenters. The van der Waals surface area contributed by atoms with Gasteiger partial charge in [-0.15, -0.1) is 0 Å². The van der Waals surface area contributed by atoms with Crippen molar-refractivity contribution in [2.45, 2.75) is 6.04 Å². The maximum Gasteiger partial charge on any atom is 0.250 e. The van der Waals surface area contributed by atoms with E-state index < -0.39 is 24.5 Å². The number of phenols is 1. The Balaban J connectivity index is 1.91. The molecule has 0 aliphatic heterocycles. The summed E-state index contributed by atoms with van der Waals surface area (Å²) in [7, 11) is 0. The van der Waals surface area contributed by atoms with Gasteiger partial charge in [-0.2, -0.15) is 0 Å². The van der Waals surface area contributed by atoms with Crippen molar-refractivity contribution in [1.29, 1.82) is 0 Å². The highest BCUT2D eigenvalue weighted by Gasteiger charge is 2.22. The Hall–Kier alpha value is -3.06. The Kier molecular flexibility index (Phi) is 6.79. The van der Waals surface area contributed by atoms with Gasteiger partial charge < -0.3 is 20.5 Å². The third-order valence-corrected chi connectivity index (χ3v) is 3.36. The number of ether oxygens (including phenoxy) is 1. The van der Waals surface area contributed by atoms with Gasteiger partial charge in [0.05, 0.1) is 6.54 Å². The molecule has 1 atom stereocenters. The molecule has 0 saturated heterocycles. The lowest BCUT2D eigenvalue weighted by atomic mass is 10.1. The zero-order valence-corrected chi connectivity index (χ0v) is 13.5. The summed E-state index contributed by atoms with van der Waals surface area (Å²) in [6.07, 6.45) is 0. The molecule has 1 radical (unpaired) electrons. The molecule has 0 aliphatic carbocycles. The van der Waals surface area contributed by atoms with Gasteiger partial charge in [0, 0.05) is 0 Å². The van der Waals surface area contributed by atoms with E-state index in [1.165, 1.54) is 6.07 Å². The molecule has 2 aromatic carbocycles. The molecule has 7 heteroatoms.